The first kappa shape index (κ1) is 18.8. The van der Waals surface area contributed by atoms with Crippen molar-refractivity contribution in [3.63, 3.8) is 0 Å². The molecule has 2 N–H and O–H groups in total. The molecule has 0 aromatic heterocycles. The van der Waals surface area contributed by atoms with E-state index in [4.69, 9.17) is 5.11 Å². The zero-order chi connectivity index (χ0) is 17.6. The smallest absolute Gasteiger partial charge is 0.304 e. The van der Waals surface area contributed by atoms with Crippen molar-refractivity contribution in [1.82, 2.24) is 0 Å². The van der Waals surface area contributed by atoms with E-state index in [1.54, 1.807) is 6.07 Å². The molecule has 1 heterocycles. The van der Waals surface area contributed by atoms with Gasteiger partial charge in [0.25, 0.3) is 0 Å². The predicted octanol–water partition coefficient (Wildman–Crippen LogP) is 2.16. The van der Waals surface area contributed by atoms with E-state index >= 15 is 0 Å². The standard InChI is InChI=1S/C16H21NO5S2/c18-15(9-13-5-7-24(21,22)11-13)17-14-3-1-2-12(8-14)10-23-6-4-16(19)20/h1-3,8,13H,4-7,9-11H2,(H,17,18)(H,19,20). The molecule has 0 radical (unpaired) electrons. The number of amides is 1. The van der Waals surface area contributed by atoms with Crippen LogP contribution in [0.3, 0.4) is 0 Å². The molecule has 24 heavy (non-hydrogen) atoms. The maximum Gasteiger partial charge on any atom is 0.304 e. The number of benzene rings is 1. The molecule has 132 valence electrons. The summed E-state index contributed by atoms with van der Waals surface area (Å²) in [5.41, 5.74) is 1.68. The number of hydrogen-bond donors (Lipinski definition) is 2. The summed E-state index contributed by atoms with van der Waals surface area (Å²) in [5, 5.41) is 11.4. The average molecular weight is 371 g/mol. The molecule has 8 heteroatoms. The van der Waals surface area contributed by atoms with Crippen LogP contribution >= 0.6 is 11.8 Å². The highest BCUT2D eigenvalue weighted by Crippen LogP contribution is 2.23. The third kappa shape index (κ3) is 6.52. The van der Waals surface area contributed by atoms with Crippen LogP contribution in [0.5, 0.6) is 0 Å². The summed E-state index contributed by atoms with van der Waals surface area (Å²) in [4.78, 5) is 22.5. The number of sulfone groups is 1. The van der Waals surface area contributed by atoms with Crippen molar-refractivity contribution < 1.29 is 23.1 Å². The van der Waals surface area contributed by atoms with Crippen molar-refractivity contribution in [2.75, 3.05) is 22.6 Å². The van der Waals surface area contributed by atoms with E-state index < -0.39 is 15.8 Å². The maximum absolute atomic E-state index is 12.0. The summed E-state index contributed by atoms with van der Waals surface area (Å²) in [6.45, 7) is 0. The van der Waals surface area contributed by atoms with Crippen molar-refractivity contribution in [3.8, 4) is 0 Å². The first-order chi connectivity index (χ1) is 11.3. The molecular weight excluding hydrogens is 350 g/mol. The molecule has 0 aliphatic carbocycles. The van der Waals surface area contributed by atoms with Crippen LogP contribution < -0.4 is 5.32 Å². The quantitative estimate of drug-likeness (QED) is 0.679. The van der Waals surface area contributed by atoms with Gasteiger partial charge in [0.15, 0.2) is 9.84 Å². The van der Waals surface area contributed by atoms with Crippen molar-refractivity contribution in [1.29, 1.82) is 0 Å². The van der Waals surface area contributed by atoms with Gasteiger partial charge in [-0.05, 0) is 30.0 Å². The van der Waals surface area contributed by atoms with Gasteiger partial charge < -0.3 is 10.4 Å². The van der Waals surface area contributed by atoms with E-state index in [1.807, 2.05) is 18.2 Å². The number of carbonyl (C=O) groups is 2. The van der Waals surface area contributed by atoms with Crippen LogP contribution in [0.2, 0.25) is 0 Å². The van der Waals surface area contributed by atoms with Gasteiger partial charge in [-0.2, -0.15) is 11.8 Å². The fourth-order valence-corrected chi connectivity index (χ4v) is 5.34. The summed E-state index contributed by atoms with van der Waals surface area (Å²) >= 11 is 1.53. The van der Waals surface area contributed by atoms with E-state index in [1.165, 1.54) is 11.8 Å². The number of rotatable bonds is 8. The third-order valence-corrected chi connectivity index (χ3v) is 6.61. The number of anilines is 1. The highest BCUT2D eigenvalue weighted by molar-refractivity contribution is 7.98. The minimum Gasteiger partial charge on any atom is -0.481 e. The summed E-state index contributed by atoms with van der Waals surface area (Å²) in [6, 6.07) is 7.40. The molecule has 1 aliphatic rings. The normalized spacial score (nSPS) is 19.1. The Labute approximate surface area is 145 Å². The lowest BCUT2D eigenvalue weighted by molar-refractivity contribution is -0.136. The van der Waals surface area contributed by atoms with Gasteiger partial charge in [-0.3, -0.25) is 9.59 Å². The molecule has 6 nitrogen and oxygen atoms in total. The summed E-state index contributed by atoms with van der Waals surface area (Å²) in [5.74, 6) is 0.421. The lowest BCUT2D eigenvalue weighted by atomic mass is 10.0. The number of carboxylic acids is 1. The number of hydrogen-bond acceptors (Lipinski definition) is 5. The summed E-state index contributed by atoms with van der Waals surface area (Å²) in [7, 11) is -2.96. The van der Waals surface area contributed by atoms with Gasteiger partial charge in [0.2, 0.25) is 5.91 Å². The fraction of sp³-hybridized carbons (Fsp3) is 0.500. The number of aliphatic carboxylic acids is 1. The Morgan fingerprint density at radius 3 is 2.79 bits per heavy atom. The second-order valence-corrected chi connectivity index (χ2v) is 9.25. The lowest BCUT2D eigenvalue weighted by Crippen LogP contribution is -2.17. The van der Waals surface area contributed by atoms with E-state index in [-0.39, 0.29) is 36.2 Å². The van der Waals surface area contributed by atoms with Crippen LogP contribution in [0.25, 0.3) is 0 Å². The molecule has 0 saturated carbocycles. The highest BCUT2D eigenvalue weighted by Gasteiger charge is 2.29. The second kappa shape index (κ2) is 8.53. The molecule has 1 atom stereocenters. The van der Waals surface area contributed by atoms with Gasteiger partial charge >= 0.3 is 5.97 Å². The number of carboxylic acid groups (broad SMARTS) is 1. The predicted molar refractivity (Wildman–Crippen MR) is 94.9 cm³/mol. The van der Waals surface area contributed by atoms with Gasteiger partial charge in [0.1, 0.15) is 0 Å². The molecule has 1 amide bonds. The first-order valence-corrected chi connectivity index (χ1v) is 10.7. The van der Waals surface area contributed by atoms with Crippen molar-refractivity contribution in [2.24, 2.45) is 5.92 Å². The Morgan fingerprint density at radius 1 is 1.33 bits per heavy atom. The average Bonchev–Trinajstić information content (AvgIpc) is 2.82. The number of nitrogens with one attached hydrogen (secondary N) is 1. The Morgan fingerprint density at radius 2 is 2.12 bits per heavy atom. The van der Waals surface area contributed by atoms with Crippen LogP contribution in [-0.2, 0) is 25.2 Å². The van der Waals surface area contributed by atoms with Gasteiger partial charge in [0, 0.05) is 23.6 Å². The fourth-order valence-electron chi connectivity index (χ4n) is 2.60. The van der Waals surface area contributed by atoms with Crippen molar-refractivity contribution in [3.05, 3.63) is 29.8 Å². The van der Waals surface area contributed by atoms with Crippen LogP contribution in [0.15, 0.2) is 24.3 Å². The van der Waals surface area contributed by atoms with Gasteiger partial charge in [-0.25, -0.2) is 8.42 Å². The molecule has 1 unspecified atom stereocenters. The summed E-state index contributed by atoms with van der Waals surface area (Å²) in [6.07, 6.45) is 0.901. The molecule has 0 spiro atoms. The minimum atomic E-state index is -2.96. The molecule has 1 aromatic rings. The summed E-state index contributed by atoms with van der Waals surface area (Å²) < 4.78 is 22.8. The van der Waals surface area contributed by atoms with Gasteiger partial charge in [-0.15, -0.1) is 0 Å². The Kier molecular flexibility index (Phi) is 6.68. The van der Waals surface area contributed by atoms with Crippen LogP contribution in [0, 0.1) is 5.92 Å². The van der Waals surface area contributed by atoms with Crippen LogP contribution in [0.1, 0.15) is 24.8 Å². The molecule has 1 aliphatic heterocycles. The molecule has 1 saturated heterocycles. The molecule has 1 fully saturated rings. The number of thioether (sulfide) groups is 1. The Balaban J connectivity index is 1.80. The van der Waals surface area contributed by atoms with E-state index in [2.05, 4.69) is 5.32 Å². The molecule has 1 aromatic carbocycles. The second-order valence-electron chi connectivity index (χ2n) is 5.92. The largest absolute Gasteiger partial charge is 0.481 e. The zero-order valence-electron chi connectivity index (χ0n) is 13.2. The maximum atomic E-state index is 12.0. The van der Waals surface area contributed by atoms with Gasteiger partial charge in [0.05, 0.1) is 17.9 Å². The topological polar surface area (TPSA) is 101 Å². The van der Waals surface area contributed by atoms with Crippen LogP contribution in [-0.4, -0.2) is 42.7 Å². The minimum absolute atomic E-state index is 0.0928. The van der Waals surface area contributed by atoms with Crippen molar-refractivity contribution in [2.45, 2.75) is 25.0 Å². The van der Waals surface area contributed by atoms with Crippen molar-refractivity contribution >= 4 is 39.2 Å². The highest BCUT2D eigenvalue weighted by atomic mass is 32.2. The first-order valence-electron chi connectivity index (χ1n) is 7.73. The van der Waals surface area contributed by atoms with Crippen LogP contribution in [0.4, 0.5) is 5.69 Å². The molecule has 2 rings (SSSR count). The van der Waals surface area contributed by atoms with E-state index in [0.717, 1.165) is 5.56 Å². The monoisotopic (exact) mass is 371 g/mol. The molecule has 0 bridgehead atoms. The zero-order valence-corrected chi connectivity index (χ0v) is 14.9. The van der Waals surface area contributed by atoms with E-state index in [9.17, 15) is 18.0 Å². The Hall–Kier alpha value is -1.54. The van der Waals surface area contributed by atoms with Gasteiger partial charge in [-0.1, -0.05) is 12.1 Å². The number of carbonyl (C=O) groups excluding carboxylic acids is 1. The Bertz CT molecular complexity index is 702. The lowest BCUT2D eigenvalue weighted by Gasteiger charge is -2.10. The SMILES string of the molecule is O=C(O)CCSCc1cccc(NC(=O)CC2CCS(=O)(=O)C2)c1. The van der Waals surface area contributed by atoms with E-state index in [0.29, 0.717) is 23.6 Å². The molecular formula is C16H21NO5S2. The third-order valence-electron chi connectivity index (χ3n) is 3.74.